The van der Waals surface area contributed by atoms with Crippen LogP contribution in [0.5, 0.6) is 0 Å². The molecule has 0 fully saturated rings. The first-order valence-electron chi connectivity index (χ1n) is 10.0. The number of sulfonamides is 1. The van der Waals surface area contributed by atoms with Crippen LogP contribution in [0, 0.1) is 12.7 Å². The standard InChI is InChI=1S/C24H23FN2O5S/c1-16-10-12-21(13-11-16)27(3)33(30,31)22-9-4-6-18(14-22)24(29)32-17(2)23(28)26-20-8-5-7-19(25)15-20/h4-15,17H,1-3H3,(H,26,28). The Morgan fingerprint density at radius 2 is 1.67 bits per heavy atom. The van der Waals surface area contributed by atoms with Crippen molar-refractivity contribution in [3.63, 3.8) is 0 Å². The summed E-state index contributed by atoms with van der Waals surface area (Å²) in [5, 5.41) is 2.45. The Bertz CT molecular complexity index is 1280. The van der Waals surface area contributed by atoms with Gasteiger partial charge in [-0.2, -0.15) is 0 Å². The zero-order valence-corrected chi connectivity index (χ0v) is 19.1. The van der Waals surface area contributed by atoms with Crippen LogP contribution in [0.25, 0.3) is 0 Å². The average Bonchev–Trinajstić information content (AvgIpc) is 2.79. The van der Waals surface area contributed by atoms with Crippen LogP contribution in [0.1, 0.15) is 22.8 Å². The molecule has 3 aromatic rings. The molecule has 0 spiro atoms. The molecule has 0 radical (unpaired) electrons. The first kappa shape index (κ1) is 23.9. The van der Waals surface area contributed by atoms with E-state index in [-0.39, 0.29) is 16.1 Å². The van der Waals surface area contributed by atoms with Crippen molar-refractivity contribution < 1.29 is 27.1 Å². The normalized spacial score (nSPS) is 12.0. The van der Waals surface area contributed by atoms with Crippen molar-refractivity contribution in [2.75, 3.05) is 16.7 Å². The van der Waals surface area contributed by atoms with Gasteiger partial charge in [0.1, 0.15) is 5.82 Å². The third-order valence-corrected chi connectivity index (χ3v) is 6.65. The van der Waals surface area contributed by atoms with Gasteiger partial charge in [0.2, 0.25) is 0 Å². The highest BCUT2D eigenvalue weighted by Crippen LogP contribution is 2.23. The first-order chi connectivity index (χ1) is 15.6. The first-order valence-corrected chi connectivity index (χ1v) is 11.4. The van der Waals surface area contributed by atoms with Crippen molar-refractivity contribution in [1.29, 1.82) is 0 Å². The van der Waals surface area contributed by atoms with Gasteiger partial charge < -0.3 is 10.1 Å². The number of nitrogens with one attached hydrogen (secondary N) is 1. The molecule has 0 bridgehead atoms. The smallest absolute Gasteiger partial charge is 0.338 e. The maximum absolute atomic E-state index is 13.3. The summed E-state index contributed by atoms with van der Waals surface area (Å²) in [5.41, 5.74) is 1.65. The van der Waals surface area contributed by atoms with Gasteiger partial charge in [0.05, 0.1) is 16.1 Å². The average molecular weight is 471 g/mol. The second-order valence-corrected chi connectivity index (χ2v) is 9.35. The monoisotopic (exact) mass is 470 g/mol. The Balaban J connectivity index is 1.73. The number of halogens is 1. The number of rotatable bonds is 7. The Morgan fingerprint density at radius 3 is 2.33 bits per heavy atom. The number of nitrogens with zero attached hydrogens (tertiary/aromatic N) is 1. The molecule has 9 heteroatoms. The summed E-state index contributed by atoms with van der Waals surface area (Å²) in [7, 11) is -2.52. The van der Waals surface area contributed by atoms with E-state index in [1.807, 2.05) is 6.92 Å². The number of amides is 1. The summed E-state index contributed by atoms with van der Waals surface area (Å²) in [5.74, 6) is -2.05. The number of carbonyl (C=O) groups is 2. The molecule has 1 amide bonds. The van der Waals surface area contributed by atoms with E-state index >= 15 is 0 Å². The highest BCUT2D eigenvalue weighted by Gasteiger charge is 2.24. The second kappa shape index (κ2) is 9.83. The molecule has 3 rings (SSSR count). The molecule has 0 saturated carbocycles. The fourth-order valence-corrected chi connectivity index (χ4v) is 4.17. The van der Waals surface area contributed by atoms with Crippen molar-refractivity contribution in [2.45, 2.75) is 24.8 Å². The Hall–Kier alpha value is -3.72. The highest BCUT2D eigenvalue weighted by atomic mass is 32.2. The van der Waals surface area contributed by atoms with Crippen molar-refractivity contribution in [1.82, 2.24) is 0 Å². The zero-order valence-electron chi connectivity index (χ0n) is 18.3. The lowest BCUT2D eigenvalue weighted by atomic mass is 10.2. The number of hydrogen-bond donors (Lipinski definition) is 1. The van der Waals surface area contributed by atoms with E-state index in [2.05, 4.69) is 5.32 Å². The van der Waals surface area contributed by atoms with E-state index in [9.17, 15) is 22.4 Å². The number of anilines is 2. The molecule has 0 heterocycles. The van der Waals surface area contributed by atoms with Gasteiger partial charge in [0, 0.05) is 12.7 Å². The van der Waals surface area contributed by atoms with Gasteiger partial charge in [0.25, 0.3) is 15.9 Å². The fraction of sp³-hybridized carbons (Fsp3) is 0.167. The lowest BCUT2D eigenvalue weighted by Crippen LogP contribution is -2.30. The summed E-state index contributed by atoms with van der Waals surface area (Å²) >= 11 is 0. The van der Waals surface area contributed by atoms with Crippen molar-refractivity contribution in [3.8, 4) is 0 Å². The minimum absolute atomic E-state index is 0.0289. The number of esters is 1. The Kier molecular flexibility index (Phi) is 7.13. The molecule has 7 nitrogen and oxygen atoms in total. The maximum atomic E-state index is 13.3. The molecule has 1 unspecified atom stereocenters. The highest BCUT2D eigenvalue weighted by molar-refractivity contribution is 7.92. The predicted octanol–water partition coefficient (Wildman–Crippen LogP) is 4.14. The van der Waals surface area contributed by atoms with Gasteiger partial charge in [-0.15, -0.1) is 0 Å². The Labute approximate surface area is 191 Å². The topological polar surface area (TPSA) is 92.8 Å². The van der Waals surface area contributed by atoms with Crippen LogP contribution >= 0.6 is 0 Å². The molecule has 0 aliphatic heterocycles. The van der Waals surface area contributed by atoms with Gasteiger partial charge in [-0.05, 0) is 62.4 Å². The SMILES string of the molecule is Cc1ccc(N(C)S(=O)(=O)c2cccc(C(=O)OC(C)C(=O)Nc3cccc(F)c3)c2)cc1. The quantitative estimate of drug-likeness (QED) is 0.524. The van der Waals surface area contributed by atoms with E-state index in [1.165, 1.54) is 56.4 Å². The second-order valence-electron chi connectivity index (χ2n) is 7.38. The van der Waals surface area contributed by atoms with Crippen LogP contribution in [-0.2, 0) is 19.6 Å². The van der Waals surface area contributed by atoms with E-state index in [0.717, 1.165) is 15.9 Å². The summed E-state index contributed by atoms with van der Waals surface area (Å²) in [6.45, 7) is 3.26. The third-order valence-electron chi connectivity index (χ3n) is 4.87. The molecule has 0 aliphatic carbocycles. The molecule has 3 aromatic carbocycles. The van der Waals surface area contributed by atoms with Crippen LogP contribution in [0.15, 0.2) is 77.7 Å². The van der Waals surface area contributed by atoms with E-state index in [0.29, 0.717) is 5.69 Å². The number of carbonyl (C=O) groups excluding carboxylic acids is 2. The molecule has 1 atom stereocenters. The minimum atomic E-state index is -3.94. The molecule has 0 saturated heterocycles. The van der Waals surface area contributed by atoms with Crippen LogP contribution < -0.4 is 9.62 Å². The molecular formula is C24H23FN2O5S. The lowest BCUT2D eigenvalue weighted by Gasteiger charge is -2.20. The summed E-state index contributed by atoms with van der Waals surface area (Å²) < 4.78 is 45.6. The van der Waals surface area contributed by atoms with E-state index in [4.69, 9.17) is 4.74 Å². The molecule has 1 N–H and O–H groups in total. The molecule has 0 aromatic heterocycles. The van der Waals surface area contributed by atoms with Crippen LogP contribution in [0.2, 0.25) is 0 Å². The van der Waals surface area contributed by atoms with Crippen molar-refractivity contribution >= 4 is 33.3 Å². The zero-order chi connectivity index (χ0) is 24.2. The molecular weight excluding hydrogens is 447 g/mol. The van der Waals surface area contributed by atoms with Gasteiger partial charge >= 0.3 is 5.97 Å². The Morgan fingerprint density at radius 1 is 1.00 bits per heavy atom. The maximum Gasteiger partial charge on any atom is 0.338 e. The third kappa shape index (κ3) is 5.75. The van der Waals surface area contributed by atoms with Gasteiger partial charge in [-0.1, -0.05) is 29.8 Å². The largest absolute Gasteiger partial charge is 0.449 e. The van der Waals surface area contributed by atoms with Crippen molar-refractivity contribution in [2.24, 2.45) is 0 Å². The molecule has 172 valence electrons. The number of aryl methyl sites for hydroxylation is 1. The van der Waals surface area contributed by atoms with Gasteiger partial charge in [-0.3, -0.25) is 9.10 Å². The lowest BCUT2D eigenvalue weighted by molar-refractivity contribution is -0.123. The van der Waals surface area contributed by atoms with Gasteiger partial charge in [0.15, 0.2) is 6.10 Å². The summed E-state index contributed by atoms with van der Waals surface area (Å²) in [6.07, 6.45) is -1.20. The minimum Gasteiger partial charge on any atom is -0.449 e. The van der Waals surface area contributed by atoms with E-state index < -0.39 is 33.8 Å². The molecule has 0 aliphatic rings. The van der Waals surface area contributed by atoms with Crippen LogP contribution in [0.3, 0.4) is 0 Å². The summed E-state index contributed by atoms with van der Waals surface area (Å²) in [4.78, 5) is 24.7. The number of hydrogen-bond acceptors (Lipinski definition) is 5. The fourth-order valence-electron chi connectivity index (χ4n) is 2.93. The predicted molar refractivity (Wildman–Crippen MR) is 123 cm³/mol. The molecule has 33 heavy (non-hydrogen) atoms. The number of ether oxygens (including phenoxy) is 1. The number of benzene rings is 3. The summed E-state index contributed by atoms with van der Waals surface area (Å²) in [6, 6.07) is 17.6. The van der Waals surface area contributed by atoms with Crippen LogP contribution in [0.4, 0.5) is 15.8 Å². The van der Waals surface area contributed by atoms with Crippen molar-refractivity contribution in [3.05, 3.63) is 89.7 Å². The van der Waals surface area contributed by atoms with Gasteiger partial charge in [-0.25, -0.2) is 17.6 Å². The van der Waals surface area contributed by atoms with Crippen LogP contribution in [-0.4, -0.2) is 33.4 Å². The van der Waals surface area contributed by atoms with E-state index in [1.54, 1.807) is 24.3 Å².